The molecule has 0 aromatic rings. The largest absolute Gasteiger partial charge is 0.432 e. The molecule has 308 valence electrons. The van der Waals surface area contributed by atoms with Gasteiger partial charge in [0, 0.05) is 11.3 Å². The fraction of sp³-hybridized carbons (Fsp3) is 0.925. The Labute approximate surface area is 317 Å². The summed E-state index contributed by atoms with van der Waals surface area (Å²) in [6, 6.07) is 0. The van der Waals surface area contributed by atoms with E-state index in [-0.39, 0.29) is 47.7 Å². The Kier molecular flexibility index (Phi) is 10.8. The first-order chi connectivity index (χ1) is 25.3. The highest BCUT2D eigenvalue weighted by atomic mass is 16.7. The van der Waals surface area contributed by atoms with Gasteiger partial charge in [0.2, 0.25) is 6.29 Å². The Morgan fingerprint density at radius 1 is 0.833 bits per heavy atom. The predicted octanol–water partition coefficient (Wildman–Crippen LogP) is 0.509. The van der Waals surface area contributed by atoms with Crippen LogP contribution in [0.4, 0.5) is 0 Å². The van der Waals surface area contributed by atoms with Crippen molar-refractivity contribution in [3.63, 3.8) is 0 Å². The summed E-state index contributed by atoms with van der Waals surface area (Å²) in [6.45, 7) is 9.53. The molecule has 0 radical (unpaired) electrons. The fourth-order valence-corrected chi connectivity index (χ4v) is 13.0. The molecule has 0 bridgehead atoms. The molecule has 7 aliphatic rings. The minimum Gasteiger partial charge on any atom is -0.432 e. The molecule has 5 unspecified atom stereocenters. The summed E-state index contributed by atoms with van der Waals surface area (Å²) in [4.78, 5) is 14.5. The van der Waals surface area contributed by atoms with Gasteiger partial charge in [0.05, 0.1) is 36.9 Å². The highest BCUT2D eigenvalue weighted by molar-refractivity contribution is 5.79. The number of carbonyl (C=O) groups excluding carboxylic acids is 1. The monoisotopic (exact) mass is 768 g/mol. The lowest BCUT2D eigenvalue weighted by molar-refractivity contribution is -0.310. The van der Waals surface area contributed by atoms with E-state index in [9.17, 15) is 50.8 Å². The van der Waals surface area contributed by atoms with E-state index in [1.54, 1.807) is 0 Å². The minimum absolute atomic E-state index is 0.0683. The Morgan fingerprint density at radius 2 is 1.54 bits per heavy atom. The molecule has 20 atom stereocenters. The molecule has 6 fully saturated rings. The van der Waals surface area contributed by atoms with Crippen LogP contribution in [0.5, 0.6) is 0 Å². The van der Waals surface area contributed by atoms with Gasteiger partial charge >= 0.3 is 5.97 Å². The number of aliphatic hydroxyl groups is 9. The summed E-state index contributed by atoms with van der Waals surface area (Å²) >= 11 is 0. The number of allylic oxidation sites excluding steroid dienone is 1. The van der Waals surface area contributed by atoms with Crippen LogP contribution in [0.2, 0.25) is 0 Å². The van der Waals surface area contributed by atoms with Gasteiger partial charge in [-0.05, 0) is 99.2 Å². The molecule has 0 aromatic carbocycles. The molecule has 9 N–H and O–H groups in total. The molecule has 0 amide bonds. The number of hydrogen-bond acceptors (Lipinski definition) is 14. The number of hydrogen-bond donors (Lipinski definition) is 9. The minimum atomic E-state index is -1.73. The lowest BCUT2D eigenvalue weighted by Gasteiger charge is -2.68. The number of ether oxygens (including phenoxy) is 4. The van der Waals surface area contributed by atoms with Crippen LogP contribution in [0.3, 0.4) is 0 Å². The molecule has 14 heteroatoms. The van der Waals surface area contributed by atoms with Crippen molar-refractivity contribution in [2.24, 2.45) is 51.2 Å². The Hall–Kier alpha value is -1.27. The maximum absolute atomic E-state index is 14.5. The van der Waals surface area contributed by atoms with Gasteiger partial charge in [-0.2, -0.15) is 0 Å². The molecule has 0 spiro atoms. The predicted molar refractivity (Wildman–Crippen MR) is 190 cm³/mol. The molecule has 2 aliphatic heterocycles. The van der Waals surface area contributed by atoms with Crippen molar-refractivity contribution in [1.29, 1.82) is 0 Å². The third kappa shape index (κ3) is 5.91. The van der Waals surface area contributed by atoms with Gasteiger partial charge in [0.25, 0.3) is 0 Å². The van der Waals surface area contributed by atoms with Crippen molar-refractivity contribution in [2.45, 2.75) is 159 Å². The van der Waals surface area contributed by atoms with Crippen molar-refractivity contribution in [3.8, 4) is 0 Å². The summed E-state index contributed by atoms with van der Waals surface area (Å²) in [5.41, 5.74) is -2.55. The van der Waals surface area contributed by atoms with Gasteiger partial charge in [-0.15, -0.1) is 0 Å². The van der Waals surface area contributed by atoms with E-state index in [1.807, 2.05) is 20.8 Å². The molecule has 4 saturated carbocycles. The first-order valence-corrected chi connectivity index (χ1v) is 20.2. The van der Waals surface area contributed by atoms with Gasteiger partial charge in [-0.25, -0.2) is 0 Å². The van der Waals surface area contributed by atoms with E-state index >= 15 is 0 Å². The number of esters is 1. The van der Waals surface area contributed by atoms with Crippen molar-refractivity contribution in [3.05, 3.63) is 11.6 Å². The highest BCUT2D eigenvalue weighted by Crippen LogP contribution is 2.72. The summed E-state index contributed by atoms with van der Waals surface area (Å²) in [5, 5.41) is 95.6. The normalized spacial score (nSPS) is 56.0. The Morgan fingerprint density at radius 3 is 2.22 bits per heavy atom. The van der Waals surface area contributed by atoms with Gasteiger partial charge in [0.1, 0.15) is 42.7 Å². The van der Waals surface area contributed by atoms with E-state index in [2.05, 4.69) is 19.9 Å². The molecule has 5 aliphatic carbocycles. The molecule has 2 heterocycles. The van der Waals surface area contributed by atoms with Crippen LogP contribution >= 0.6 is 0 Å². The topological polar surface area (TPSA) is 236 Å². The van der Waals surface area contributed by atoms with Crippen LogP contribution in [0.1, 0.15) is 92.4 Å². The van der Waals surface area contributed by atoms with E-state index in [0.29, 0.717) is 32.1 Å². The maximum atomic E-state index is 14.5. The van der Waals surface area contributed by atoms with Crippen LogP contribution in [0.15, 0.2) is 11.6 Å². The fourth-order valence-electron chi connectivity index (χ4n) is 13.0. The van der Waals surface area contributed by atoms with E-state index in [4.69, 9.17) is 18.9 Å². The summed E-state index contributed by atoms with van der Waals surface area (Å²) in [5.74, 6) is -0.799. The number of aliphatic hydroxyl groups excluding tert-OH is 8. The second-order valence-corrected chi connectivity index (χ2v) is 19.1. The summed E-state index contributed by atoms with van der Waals surface area (Å²) in [6.07, 6.45) is -5.23. The third-order valence-electron chi connectivity index (χ3n) is 16.6. The van der Waals surface area contributed by atoms with Crippen LogP contribution in [0, 0.1) is 51.2 Å². The number of carbonyl (C=O) groups is 1. The average molecular weight is 769 g/mol. The highest BCUT2D eigenvalue weighted by Gasteiger charge is 2.69. The first kappa shape index (κ1) is 40.9. The standard InChI is InChI=1S/C40H64O14/c1-19-10-13-40(35(49)54-34-31(48)29(46)28(45)24(16-41)52-34)15-14-36(2)20-8-9-25-37(3,21(20)6-7-22(36)32(40)39(19,5)50)12-11-26(38(25,4)18-42)53-33-30(47)27(44)23(43)17-51-33/h7,19-21,23-34,41-48,50H,6,8-18H2,1-5H3/t19-,20?,21?,23+,24-,25?,26?,27+,28-,29+,30-,31-,32?,33+,34+,36+,37-,38+,39-,40+/m1/s1. The SMILES string of the molecule is C[C@@H]1CC[C@]2(C(=O)O[C@@H]3O[C@H](CO)[C@@H](O)[C@H](O)[C@H]3O)CC[C@]3(C)C(=CCC4C3CCC3[C@](C)(CO)C(O[C@@H]5OC[C@H](O)[C@H](O)[C@H]5O)CC[C@]43C)C2[C@]1(C)O. The lowest BCUT2D eigenvalue weighted by Crippen LogP contribution is -2.66. The van der Waals surface area contributed by atoms with Gasteiger partial charge in [-0.3, -0.25) is 4.79 Å². The molecular formula is C40H64O14. The maximum Gasteiger partial charge on any atom is 0.315 e. The number of fused-ring (bicyclic) bond motifs is 7. The number of rotatable bonds is 6. The zero-order chi connectivity index (χ0) is 39.3. The van der Waals surface area contributed by atoms with Crippen LogP contribution in [-0.4, -0.2) is 139 Å². The molecular weight excluding hydrogens is 704 g/mol. The van der Waals surface area contributed by atoms with Crippen LogP contribution in [-0.2, 0) is 23.7 Å². The van der Waals surface area contributed by atoms with Gasteiger partial charge in [-0.1, -0.05) is 39.3 Å². The first-order valence-electron chi connectivity index (χ1n) is 20.2. The van der Waals surface area contributed by atoms with E-state index < -0.39 is 96.3 Å². The zero-order valence-electron chi connectivity index (χ0n) is 32.3. The van der Waals surface area contributed by atoms with Crippen molar-refractivity contribution >= 4 is 5.97 Å². The van der Waals surface area contributed by atoms with Crippen molar-refractivity contribution in [2.75, 3.05) is 19.8 Å². The van der Waals surface area contributed by atoms with Gasteiger partial charge < -0.3 is 64.9 Å². The lowest BCUT2D eigenvalue weighted by atomic mass is 9.37. The zero-order valence-corrected chi connectivity index (χ0v) is 32.3. The van der Waals surface area contributed by atoms with Crippen LogP contribution in [0.25, 0.3) is 0 Å². The van der Waals surface area contributed by atoms with Crippen molar-refractivity contribution in [1.82, 2.24) is 0 Å². The van der Waals surface area contributed by atoms with Crippen LogP contribution < -0.4 is 0 Å². The molecule has 0 aromatic heterocycles. The smallest absolute Gasteiger partial charge is 0.315 e. The van der Waals surface area contributed by atoms with Gasteiger partial charge in [0.15, 0.2) is 6.29 Å². The quantitative estimate of drug-likeness (QED) is 0.102. The second kappa shape index (κ2) is 14.2. The average Bonchev–Trinajstić information content (AvgIpc) is 3.14. The molecule has 7 rings (SSSR count). The summed E-state index contributed by atoms with van der Waals surface area (Å²) in [7, 11) is 0. The second-order valence-electron chi connectivity index (χ2n) is 19.1. The Bertz CT molecular complexity index is 1440. The Balaban J connectivity index is 1.17. The third-order valence-corrected chi connectivity index (χ3v) is 16.6. The molecule has 2 saturated heterocycles. The summed E-state index contributed by atoms with van der Waals surface area (Å²) < 4.78 is 23.5. The molecule has 54 heavy (non-hydrogen) atoms. The van der Waals surface area contributed by atoms with E-state index in [0.717, 1.165) is 31.3 Å². The van der Waals surface area contributed by atoms with E-state index in [1.165, 1.54) is 0 Å². The molecule has 14 nitrogen and oxygen atoms in total. The van der Waals surface area contributed by atoms with Crippen molar-refractivity contribution < 1.29 is 69.7 Å².